The van der Waals surface area contributed by atoms with E-state index in [2.05, 4.69) is 66.1 Å². The molecule has 10 heterocycles. The zero-order valence-corrected chi connectivity index (χ0v) is 69.0. The summed E-state index contributed by atoms with van der Waals surface area (Å²) in [4.78, 5) is 104. The lowest BCUT2D eigenvalue weighted by Gasteiger charge is -2.40. The smallest absolute Gasteiger partial charge is 0.407 e. The normalized spacial score (nSPS) is 23.4. The summed E-state index contributed by atoms with van der Waals surface area (Å²) in [6, 6.07) is 23.6. The van der Waals surface area contributed by atoms with Gasteiger partial charge in [0.2, 0.25) is 17.8 Å². The fraction of sp³-hybridized carbons (Fsp3) is 0.507. The molecule has 5 N–H and O–H groups in total. The van der Waals surface area contributed by atoms with Gasteiger partial charge in [0.25, 0.3) is 17.4 Å². The van der Waals surface area contributed by atoms with Gasteiger partial charge in [-0.2, -0.15) is 26.0 Å². The van der Waals surface area contributed by atoms with E-state index in [1.165, 1.54) is 28.8 Å². The van der Waals surface area contributed by atoms with Crippen molar-refractivity contribution < 1.29 is 106 Å². The van der Waals surface area contributed by atoms with Crippen LogP contribution in [0.1, 0.15) is 106 Å². The highest BCUT2D eigenvalue weighted by Gasteiger charge is 2.67. The maximum atomic E-state index is 18.2. The molecule has 4 aliphatic heterocycles. The van der Waals surface area contributed by atoms with Crippen molar-refractivity contribution in [2.24, 2.45) is 5.92 Å². The fourth-order valence-electron chi connectivity index (χ4n) is 12.5. The number of aromatic amines is 1. The number of phosphoric ester groups is 3. The largest absolute Gasteiger partial charge is 0.475 e. The molecular weight excluding hydrogens is 1640 g/mol. The summed E-state index contributed by atoms with van der Waals surface area (Å²) in [5.74, 6) is -3.02. The zero-order valence-electron chi connectivity index (χ0n) is 65.3. The maximum absolute atomic E-state index is 18.2. The standard InChI is InChI=1S/C71H84FN20O23P3Si/c1-42(2)62(94)88-69-87-61-51(65(97)89-69)84-41-92(61)67-54(115-119(7,8)70(3,4)5)53(101-32-23-47(93)77-6)46(111-67)34-108-117(99,105-30-17-26-75)114-56-55-68(91-40-83-50-58(79-38-81-60(50)91)86-64(96)44-21-13-10-14-22-44)112-71(56,35-102-55)36-109-118(100,106-31-18-27-76)113-52-45(33-107-116(98,103-28-15-24-73)104-29-16-25-74)110-66(48(52)72)90-39-82-49-57(78-37-80-59(49)90)85-63(95)43-19-11-9-12-20-43/h9-14,19-22,37-42,45-46,48,52-56,66-68H,15-18,23,28-36H2,1-8H3,(H,77,93)(H,78,80,85,95)(H,79,81,86,96)(H2,87,88,89,94,97)/t45-,46-,48+,52?,53?,54+,55+,56?,66-,67-,68-,71-,117?,118?/m1/s1. The summed E-state index contributed by atoms with van der Waals surface area (Å²) in [6.45, 7) is 6.79. The average Bonchev–Trinajstić information content (AvgIpc) is 1.56. The number of amides is 4. The van der Waals surface area contributed by atoms with Gasteiger partial charge in [0, 0.05) is 30.5 Å². The summed E-state index contributed by atoms with van der Waals surface area (Å²) in [7, 11) is -17.3. The number of ether oxygens (including phenoxy) is 5. The number of halogens is 1. The van der Waals surface area contributed by atoms with Crippen LogP contribution in [0.15, 0.2) is 97.1 Å². The molecule has 48 heteroatoms. The van der Waals surface area contributed by atoms with Gasteiger partial charge in [0.05, 0.1) is 128 Å². The monoisotopic (exact) mass is 1720 g/mol. The van der Waals surface area contributed by atoms with Gasteiger partial charge in [-0.15, -0.1) is 0 Å². The number of hydrogen-bond acceptors (Lipinski definition) is 35. The Balaban J connectivity index is 0.917. The van der Waals surface area contributed by atoms with Crippen molar-refractivity contribution in [2.45, 2.75) is 158 Å². The van der Waals surface area contributed by atoms with Crippen molar-refractivity contribution in [1.82, 2.24) is 63.9 Å². The molecule has 2 aromatic carbocycles. The third-order valence-electron chi connectivity index (χ3n) is 19.6. The van der Waals surface area contributed by atoms with Crippen molar-refractivity contribution in [3.05, 3.63) is 114 Å². The van der Waals surface area contributed by atoms with Crippen LogP contribution in [0.2, 0.25) is 18.1 Å². The third-order valence-corrected chi connectivity index (χ3v) is 28.4. The molecule has 4 saturated heterocycles. The van der Waals surface area contributed by atoms with Gasteiger partial charge in [-0.05, 0) is 42.4 Å². The van der Waals surface area contributed by atoms with Crippen molar-refractivity contribution in [3.63, 3.8) is 0 Å². The van der Waals surface area contributed by atoms with Gasteiger partial charge in [-0.1, -0.05) is 71.0 Å². The van der Waals surface area contributed by atoms with E-state index in [1.54, 1.807) is 74.5 Å². The van der Waals surface area contributed by atoms with E-state index in [9.17, 15) is 49.6 Å². The number of H-pyrrole nitrogens is 1. The molecule has 6 aromatic heterocycles. The minimum atomic E-state index is -5.56. The quantitative estimate of drug-likeness (QED) is 0.0136. The number of rotatable bonds is 40. The second-order valence-electron chi connectivity index (χ2n) is 28.9. The van der Waals surface area contributed by atoms with Crippen LogP contribution in [0.5, 0.6) is 0 Å². The molecule has 4 amide bonds. The highest BCUT2D eigenvalue weighted by Crippen LogP contribution is 2.62. The number of nitrogens with zero attached hydrogens (tertiary/aromatic N) is 15. The molecule has 12 rings (SSSR count). The first-order chi connectivity index (χ1) is 57.0. The Morgan fingerprint density at radius 2 is 1.13 bits per heavy atom. The van der Waals surface area contributed by atoms with E-state index in [0.29, 0.717) is 0 Å². The first-order valence-electron chi connectivity index (χ1n) is 37.2. The van der Waals surface area contributed by atoms with Crippen LogP contribution in [-0.2, 0) is 92.1 Å². The second-order valence-corrected chi connectivity index (χ2v) is 38.6. The van der Waals surface area contributed by atoms with E-state index in [4.69, 9.17) is 68.8 Å². The number of carbonyl (C=O) groups is 4. The van der Waals surface area contributed by atoms with Gasteiger partial charge in [-0.3, -0.25) is 88.7 Å². The number of anilines is 3. The number of benzene rings is 2. The van der Waals surface area contributed by atoms with Gasteiger partial charge >= 0.3 is 23.5 Å². The molecular formula is C71H84FN20O23P3Si. The molecule has 4 fully saturated rings. The highest BCUT2D eigenvalue weighted by atomic mass is 31.2. The van der Waals surface area contributed by atoms with Crippen molar-refractivity contribution in [1.29, 1.82) is 21.0 Å². The number of fused-ring (bicyclic) bond motifs is 5. The fourth-order valence-corrected chi connectivity index (χ4v) is 17.9. The van der Waals surface area contributed by atoms with Crippen LogP contribution in [-0.4, -0.2) is 212 Å². The summed E-state index contributed by atoms with van der Waals surface area (Å²) in [6.07, 6.45) is -14.8. The molecule has 0 radical (unpaired) electrons. The van der Waals surface area contributed by atoms with Gasteiger partial charge in [0.15, 0.2) is 78.3 Å². The van der Waals surface area contributed by atoms with Crippen LogP contribution >= 0.6 is 23.5 Å². The molecule has 632 valence electrons. The summed E-state index contributed by atoms with van der Waals surface area (Å²) < 4.78 is 163. The molecule has 14 atom stereocenters. The summed E-state index contributed by atoms with van der Waals surface area (Å²) in [5, 5.41) is 48.6. The topological polar surface area (TPSA) is 552 Å². The Hall–Kier alpha value is -10.0. The van der Waals surface area contributed by atoms with Crippen molar-refractivity contribution >= 4 is 106 Å². The molecule has 43 nitrogen and oxygen atoms in total. The van der Waals surface area contributed by atoms with E-state index < -0.39 is 211 Å². The predicted octanol–water partition coefficient (Wildman–Crippen LogP) is 8.48. The van der Waals surface area contributed by atoms with Crippen molar-refractivity contribution in [3.8, 4) is 24.3 Å². The van der Waals surface area contributed by atoms with Crippen LogP contribution in [0.3, 0.4) is 0 Å². The van der Waals surface area contributed by atoms with Crippen LogP contribution in [0.4, 0.5) is 22.0 Å². The molecule has 119 heavy (non-hydrogen) atoms. The van der Waals surface area contributed by atoms with E-state index >= 15 is 13.5 Å². The van der Waals surface area contributed by atoms with E-state index in [-0.39, 0.29) is 88.1 Å². The Kier molecular flexibility index (Phi) is 28.3. The number of alkyl halides is 1. The Bertz CT molecular complexity index is 5370. The molecule has 0 spiro atoms. The lowest BCUT2D eigenvalue weighted by molar-refractivity contribution is -0.184. The number of hydrogen-bond donors (Lipinski definition) is 5. The van der Waals surface area contributed by atoms with E-state index in [0.717, 1.165) is 23.5 Å². The predicted molar refractivity (Wildman–Crippen MR) is 412 cm³/mol. The molecule has 0 saturated carbocycles. The minimum Gasteiger partial charge on any atom is -0.407 e. The zero-order chi connectivity index (χ0) is 85.0. The first kappa shape index (κ1) is 88.3. The minimum absolute atomic E-state index is 0.00702. The molecule has 2 bridgehead atoms. The van der Waals surface area contributed by atoms with Gasteiger partial charge in [-0.25, -0.2) is 53.0 Å². The maximum Gasteiger partial charge on any atom is 0.475 e. The van der Waals surface area contributed by atoms with Gasteiger partial charge in [0.1, 0.15) is 61.0 Å². The lowest BCUT2D eigenvalue weighted by atomic mass is 10.0. The summed E-state index contributed by atoms with van der Waals surface area (Å²) in [5.41, 5.74) is -2.99. The number of nitrogens with one attached hydrogen (secondary N) is 5. The average molecular weight is 1730 g/mol. The van der Waals surface area contributed by atoms with E-state index in [1.807, 2.05) is 58.1 Å². The Morgan fingerprint density at radius 1 is 0.630 bits per heavy atom. The van der Waals surface area contributed by atoms with Crippen molar-refractivity contribution in [2.75, 3.05) is 82.5 Å². The van der Waals surface area contributed by atoms with Crippen LogP contribution in [0, 0.1) is 51.2 Å². The molecule has 5 unspecified atom stereocenters. The molecule has 0 aliphatic carbocycles. The van der Waals surface area contributed by atoms with Gasteiger partial charge < -0.3 is 44.1 Å². The number of carbonyl (C=O) groups excluding carboxylic acids is 4. The van der Waals surface area contributed by atoms with Crippen LogP contribution < -0.4 is 26.8 Å². The third kappa shape index (κ3) is 20.2. The summed E-state index contributed by atoms with van der Waals surface area (Å²) >= 11 is 0. The lowest BCUT2D eigenvalue weighted by Crippen LogP contribution is -2.49. The highest BCUT2D eigenvalue weighted by molar-refractivity contribution is 7.49. The molecule has 8 aromatic rings. The SMILES string of the molecule is CNC(=O)CCOC1[C@@H](COP(=O)(OCCC#N)OC2[C@@H]3OC[C@]2(COP(=O)(OCCC#N)OC2[C@@H](COP(=O)(OCCC#N)OCCC#N)O[C@@H](n4cnc5c(NC(=O)c6ccccc6)ncnc54)[C@H]2F)O[C@H]3n2cnc3c(NC(=O)c4ccccc4)ncnc32)O[C@@H](n2cnc3c(=O)[nH]c(NC(=O)C(C)C)nc32)[C@H]1O[Si](C)(C)C(C)(C)C. The number of aromatic nitrogens is 12. The number of imidazole rings is 3. The molecule has 4 aliphatic rings. The Labute approximate surface area is 679 Å². The van der Waals surface area contributed by atoms with Crippen LogP contribution in [0.25, 0.3) is 33.5 Å². The Morgan fingerprint density at radius 3 is 1.66 bits per heavy atom. The second kappa shape index (κ2) is 38.1. The first-order valence-corrected chi connectivity index (χ1v) is 44.5. The number of nitriles is 4. The number of phosphoric acid groups is 3.